The highest BCUT2D eigenvalue weighted by molar-refractivity contribution is 7.92. The highest BCUT2D eigenvalue weighted by atomic mass is 32.2. The molecule has 0 fully saturated rings. The number of rotatable bonds is 7. The van der Waals surface area contributed by atoms with Crippen molar-refractivity contribution in [3.8, 4) is 5.75 Å². The monoisotopic (exact) mass is 472 g/mol. The predicted octanol–water partition coefficient (Wildman–Crippen LogP) is 1.17. The molecule has 0 bridgehead atoms. The third-order valence-corrected chi connectivity index (χ3v) is 5.66. The van der Waals surface area contributed by atoms with Crippen LogP contribution in [0.25, 0.3) is 0 Å². The Morgan fingerprint density at radius 2 is 1.64 bits per heavy atom. The van der Waals surface area contributed by atoms with Crippen molar-refractivity contribution in [1.82, 2.24) is 16.2 Å². The number of amides is 3. The first-order valence-electron chi connectivity index (χ1n) is 9.47. The summed E-state index contributed by atoms with van der Waals surface area (Å²) in [5, 5.41) is 2.32. The van der Waals surface area contributed by atoms with Gasteiger partial charge in [-0.05, 0) is 48.5 Å². The number of sulfonamides is 1. The molecule has 4 N–H and O–H groups in total. The number of benzene rings is 2. The van der Waals surface area contributed by atoms with Gasteiger partial charge >= 0.3 is 11.8 Å². The number of furan rings is 1. The first-order valence-corrected chi connectivity index (χ1v) is 11.0. The summed E-state index contributed by atoms with van der Waals surface area (Å²) < 4.78 is 37.8. The van der Waals surface area contributed by atoms with Crippen molar-refractivity contribution in [3.05, 3.63) is 78.3 Å². The molecular formula is C21H20N4O7S. The van der Waals surface area contributed by atoms with Crippen LogP contribution in [-0.2, 0) is 26.2 Å². The number of hydrazine groups is 1. The molecule has 0 atom stereocenters. The molecule has 0 saturated heterocycles. The normalized spacial score (nSPS) is 10.7. The number of carbonyl (C=O) groups is 3. The van der Waals surface area contributed by atoms with Crippen LogP contribution in [-0.4, -0.2) is 33.2 Å². The van der Waals surface area contributed by atoms with Gasteiger partial charge in [0.2, 0.25) is 0 Å². The second kappa shape index (κ2) is 10.3. The van der Waals surface area contributed by atoms with Crippen LogP contribution in [0.1, 0.15) is 16.1 Å². The summed E-state index contributed by atoms with van der Waals surface area (Å²) in [6.07, 6.45) is 1.42. The van der Waals surface area contributed by atoms with Crippen LogP contribution in [0.5, 0.6) is 5.75 Å². The first kappa shape index (κ1) is 23.3. The molecule has 0 saturated carbocycles. The van der Waals surface area contributed by atoms with E-state index in [1.807, 2.05) is 5.43 Å². The van der Waals surface area contributed by atoms with Crippen LogP contribution >= 0.6 is 0 Å². The van der Waals surface area contributed by atoms with Gasteiger partial charge in [0.05, 0.1) is 30.5 Å². The van der Waals surface area contributed by atoms with Crippen molar-refractivity contribution in [2.24, 2.45) is 0 Å². The Morgan fingerprint density at radius 3 is 2.30 bits per heavy atom. The second-order valence-corrected chi connectivity index (χ2v) is 8.18. The second-order valence-electron chi connectivity index (χ2n) is 6.50. The van der Waals surface area contributed by atoms with Gasteiger partial charge in [-0.3, -0.25) is 30.0 Å². The third-order valence-electron chi connectivity index (χ3n) is 4.28. The average Bonchev–Trinajstić information content (AvgIpc) is 3.34. The zero-order chi connectivity index (χ0) is 23.8. The largest absolute Gasteiger partial charge is 0.495 e. The fourth-order valence-corrected chi connectivity index (χ4v) is 3.69. The van der Waals surface area contributed by atoms with Gasteiger partial charge in [0.25, 0.3) is 15.9 Å². The lowest BCUT2D eigenvalue weighted by Crippen LogP contribution is -2.48. The molecule has 0 aliphatic carbocycles. The Kier molecular flexibility index (Phi) is 7.31. The molecule has 3 aromatic rings. The maximum Gasteiger partial charge on any atom is 0.327 e. The van der Waals surface area contributed by atoms with Gasteiger partial charge in [0.15, 0.2) is 0 Å². The first-order chi connectivity index (χ1) is 15.8. The zero-order valence-corrected chi connectivity index (χ0v) is 18.1. The quantitative estimate of drug-likeness (QED) is 0.297. The Bertz CT molecular complexity index is 1240. The van der Waals surface area contributed by atoms with Gasteiger partial charge in [-0.2, -0.15) is 0 Å². The zero-order valence-electron chi connectivity index (χ0n) is 17.3. The lowest BCUT2D eigenvalue weighted by atomic mass is 10.2. The fourth-order valence-electron chi connectivity index (χ4n) is 2.62. The Labute approximate surface area is 189 Å². The van der Waals surface area contributed by atoms with Gasteiger partial charge in [0, 0.05) is 5.56 Å². The number of carbonyl (C=O) groups excluding carboxylic acids is 3. The van der Waals surface area contributed by atoms with E-state index in [1.54, 1.807) is 36.4 Å². The number of hydrogen-bond acceptors (Lipinski definition) is 7. The lowest BCUT2D eigenvalue weighted by molar-refractivity contribution is -0.139. The van der Waals surface area contributed by atoms with Crippen molar-refractivity contribution < 1.29 is 32.0 Å². The molecule has 0 aliphatic heterocycles. The maximum atomic E-state index is 12.6. The molecule has 0 unspecified atom stereocenters. The van der Waals surface area contributed by atoms with Crippen molar-refractivity contribution in [2.75, 3.05) is 11.8 Å². The summed E-state index contributed by atoms with van der Waals surface area (Å²) in [7, 11) is -2.52. The smallest absolute Gasteiger partial charge is 0.327 e. The molecular weight excluding hydrogens is 452 g/mol. The van der Waals surface area contributed by atoms with Gasteiger partial charge in [0.1, 0.15) is 11.5 Å². The van der Waals surface area contributed by atoms with Crippen LogP contribution in [0.15, 0.2) is 76.2 Å². The van der Waals surface area contributed by atoms with Crippen molar-refractivity contribution in [1.29, 1.82) is 0 Å². The molecule has 0 aliphatic rings. The summed E-state index contributed by atoms with van der Waals surface area (Å²) in [6, 6.07) is 14.7. The van der Waals surface area contributed by atoms with E-state index in [1.165, 1.54) is 37.6 Å². The molecule has 172 valence electrons. The molecule has 3 amide bonds. The van der Waals surface area contributed by atoms with E-state index in [0.717, 1.165) is 0 Å². The van der Waals surface area contributed by atoms with Gasteiger partial charge in [-0.1, -0.05) is 12.1 Å². The molecule has 12 heteroatoms. The third kappa shape index (κ3) is 6.11. The lowest BCUT2D eigenvalue weighted by Gasteiger charge is -2.12. The SMILES string of the molecule is COc1ccccc1NS(=O)(=O)c1ccc(C(=O)NNC(=O)C(=O)NCc2ccco2)cc1. The topological polar surface area (TPSA) is 156 Å². The molecule has 3 rings (SSSR count). The molecule has 1 heterocycles. The number of ether oxygens (including phenoxy) is 1. The summed E-state index contributed by atoms with van der Waals surface area (Å²) >= 11 is 0. The van der Waals surface area contributed by atoms with E-state index in [-0.39, 0.29) is 22.7 Å². The summed E-state index contributed by atoms with van der Waals surface area (Å²) in [4.78, 5) is 35.6. The highest BCUT2D eigenvalue weighted by Gasteiger charge is 2.18. The predicted molar refractivity (Wildman–Crippen MR) is 116 cm³/mol. The molecule has 11 nitrogen and oxygen atoms in total. The van der Waals surface area contributed by atoms with E-state index in [0.29, 0.717) is 11.5 Å². The van der Waals surface area contributed by atoms with Crippen LogP contribution in [0.2, 0.25) is 0 Å². The average molecular weight is 472 g/mol. The highest BCUT2D eigenvalue weighted by Crippen LogP contribution is 2.26. The molecule has 0 spiro atoms. The molecule has 33 heavy (non-hydrogen) atoms. The number of para-hydroxylation sites is 2. The summed E-state index contributed by atoms with van der Waals surface area (Å²) in [5.74, 6) is -2.01. The van der Waals surface area contributed by atoms with Crippen LogP contribution in [0.4, 0.5) is 5.69 Å². The van der Waals surface area contributed by atoms with E-state index >= 15 is 0 Å². The number of anilines is 1. The summed E-state index contributed by atoms with van der Waals surface area (Å²) in [5.41, 5.74) is 4.37. The Hall–Kier alpha value is -4.32. The van der Waals surface area contributed by atoms with Gasteiger partial charge < -0.3 is 14.5 Å². The molecule has 1 aromatic heterocycles. The number of nitrogens with one attached hydrogen (secondary N) is 4. The van der Waals surface area contributed by atoms with E-state index in [9.17, 15) is 22.8 Å². The minimum Gasteiger partial charge on any atom is -0.495 e. The van der Waals surface area contributed by atoms with E-state index < -0.39 is 27.7 Å². The molecule has 2 aromatic carbocycles. The van der Waals surface area contributed by atoms with E-state index in [2.05, 4.69) is 15.5 Å². The molecule has 0 radical (unpaired) electrons. The van der Waals surface area contributed by atoms with E-state index in [4.69, 9.17) is 9.15 Å². The maximum absolute atomic E-state index is 12.6. The fraction of sp³-hybridized carbons (Fsp3) is 0.0952. The number of hydrogen-bond donors (Lipinski definition) is 4. The minimum atomic E-state index is -3.94. The van der Waals surface area contributed by atoms with Gasteiger partial charge in [-0.15, -0.1) is 0 Å². The van der Waals surface area contributed by atoms with Crippen LogP contribution in [0.3, 0.4) is 0 Å². The Morgan fingerprint density at radius 1 is 0.909 bits per heavy atom. The summed E-state index contributed by atoms with van der Waals surface area (Å²) in [6.45, 7) is 0.00598. The Balaban J connectivity index is 1.56. The van der Waals surface area contributed by atoms with Crippen LogP contribution in [0, 0.1) is 0 Å². The van der Waals surface area contributed by atoms with Crippen molar-refractivity contribution >= 4 is 33.4 Å². The minimum absolute atomic E-state index is 0.00598. The van der Waals surface area contributed by atoms with Crippen molar-refractivity contribution in [2.45, 2.75) is 11.4 Å². The number of methoxy groups -OCH3 is 1. The van der Waals surface area contributed by atoms with Crippen molar-refractivity contribution in [3.63, 3.8) is 0 Å². The van der Waals surface area contributed by atoms with Crippen LogP contribution < -0.4 is 25.6 Å². The standard InChI is InChI=1S/C21H20N4O7S/c1-31-18-7-3-2-6-17(18)25-33(29,30)16-10-8-14(9-11-16)19(26)23-24-21(28)20(27)22-13-15-5-4-12-32-15/h2-12,25H,13H2,1H3,(H,22,27)(H,23,26)(H,24,28). The van der Waals surface area contributed by atoms with Gasteiger partial charge in [-0.25, -0.2) is 8.42 Å².